The van der Waals surface area contributed by atoms with Gasteiger partial charge in [0.1, 0.15) is 11.5 Å². The van der Waals surface area contributed by atoms with Crippen molar-refractivity contribution in [3.05, 3.63) is 48.2 Å². The maximum Gasteiger partial charge on any atom is 0.228 e. The third-order valence-corrected chi connectivity index (χ3v) is 4.98. The third kappa shape index (κ3) is 3.04. The van der Waals surface area contributed by atoms with Crippen LogP contribution in [0.4, 0.5) is 0 Å². The van der Waals surface area contributed by atoms with Crippen LogP contribution in [0.25, 0.3) is 11.0 Å². The van der Waals surface area contributed by atoms with Crippen LogP contribution in [0.5, 0.6) is 0 Å². The molecule has 1 aliphatic rings. The number of rotatable bonds is 4. The summed E-state index contributed by atoms with van der Waals surface area (Å²) in [7, 11) is 0. The van der Waals surface area contributed by atoms with Crippen molar-refractivity contribution in [3.8, 4) is 0 Å². The Morgan fingerprint density at radius 1 is 1.36 bits per heavy atom. The van der Waals surface area contributed by atoms with Crippen LogP contribution in [0.1, 0.15) is 37.3 Å². The molecule has 6 nitrogen and oxygen atoms in total. The van der Waals surface area contributed by atoms with Crippen LogP contribution < -0.4 is 0 Å². The lowest BCUT2D eigenvalue weighted by atomic mass is 10.0. The minimum absolute atomic E-state index is 0.113. The molecule has 130 valence electrons. The van der Waals surface area contributed by atoms with Crippen LogP contribution in [0.15, 0.2) is 41.2 Å². The number of carbonyl (C=O) groups is 1. The van der Waals surface area contributed by atoms with Gasteiger partial charge in [-0.2, -0.15) is 0 Å². The van der Waals surface area contributed by atoms with E-state index in [1.54, 1.807) is 0 Å². The molecule has 1 aliphatic heterocycles. The zero-order valence-corrected chi connectivity index (χ0v) is 14.4. The number of imidazole rings is 1. The number of carbonyl (C=O) groups excluding carboxylic acids is 1. The molecule has 1 atom stereocenters. The van der Waals surface area contributed by atoms with Gasteiger partial charge in [0.15, 0.2) is 5.58 Å². The Labute approximate surface area is 146 Å². The van der Waals surface area contributed by atoms with Crippen molar-refractivity contribution in [2.24, 2.45) is 0 Å². The number of hydrogen-bond donors (Lipinski definition) is 0. The second-order valence-electron chi connectivity index (χ2n) is 6.54. The second kappa shape index (κ2) is 6.70. The number of benzene rings is 1. The predicted molar refractivity (Wildman–Crippen MR) is 94.2 cm³/mol. The molecule has 1 aromatic carbocycles. The molecule has 4 rings (SSSR count). The first kappa shape index (κ1) is 15.9. The number of aryl methyl sites for hydroxylation is 1. The smallest absolute Gasteiger partial charge is 0.228 e. The molecule has 0 N–H and O–H groups in total. The van der Waals surface area contributed by atoms with Gasteiger partial charge in [-0.25, -0.2) is 4.98 Å². The topological polar surface area (TPSA) is 64.2 Å². The Morgan fingerprint density at radius 2 is 2.24 bits per heavy atom. The van der Waals surface area contributed by atoms with Crippen LogP contribution in [-0.2, 0) is 17.6 Å². The predicted octanol–water partition coefficient (Wildman–Crippen LogP) is 2.99. The van der Waals surface area contributed by atoms with Gasteiger partial charge in [0.25, 0.3) is 0 Å². The van der Waals surface area contributed by atoms with Crippen molar-refractivity contribution in [1.82, 2.24) is 19.6 Å². The first-order valence-electron chi connectivity index (χ1n) is 8.89. The summed E-state index contributed by atoms with van der Waals surface area (Å²) in [5.74, 6) is 1.20. The molecule has 1 saturated heterocycles. The number of fused-ring (bicyclic) bond motifs is 1. The highest BCUT2D eigenvalue weighted by Gasteiger charge is 2.26. The molecule has 1 amide bonds. The molecule has 1 fully saturated rings. The largest absolute Gasteiger partial charge is 0.356 e. The molecular formula is C19H22N4O2. The maximum absolute atomic E-state index is 12.8. The number of nitrogens with zero attached hydrogens (tertiary/aromatic N) is 4. The molecule has 3 aromatic rings. The lowest BCUT2D eigenvalue weighted by Gasteiger charge is -2.34. The lowest BCUT2D eigenvalue weighted by Crippen LogP contribution is -2.41. The number of piperidine rings is 1. The van der Waals surface area contributed by atoms with E-state index in [1.807, 2.05) is 41.6 Å². The fraction of sp³-hybridized carbons (Fsp3) is 0.421. The van der Waals surface area contributed by atoms with E-state index in [9.17, 15) is 4.79 Å². The molecule has 0 saturated carbocycles. The molecule has 2 aromatic heterocycles. The van der Waals surface area contributed by atoms with Gasteiger partial charge < -0.3 is 14.0 Å². The molecule has 25 heavy (non-hydrogen) atoms. The van der Waals surface area contributed by atoms with Crippen molar-refractivity contribution in [2.45, 2.75) is 38.6 Å². The van der Waals surface area contributed by atoms with Gasteiger partial charge >= 0.3 is 0 Å². The van der Waals surface area contributed by atoms with Crippen molar-refractivity contribution < 1.29 is 9.32 Å². The van der Waals surface area contributed by atoms with Crippen LogP contribution >= 0.6 is 0 Å². The number of hydrogen-bond acceptors (Lipinski definition) is 4. The standard InChI is InChI=1S/C19H22N4O2/c1-2-18-20-9-11-23(18)14-6-5-10-22(13-14)19(24)12-16-15-7-3-4-8-17(15)25-21-16/h3-4,7-9,11,14H,2,5-6,10,12-13H2,1H3. The number of aromatic nitrogens is 3. The Morgan fingerprint density at radius 3 is 3.12 bits per heavy atom. The molecule has 1 unspecified atom stereocenters. The summed E-state index contributed by atoms with van der Waals surface area (Å²) in [5, 5.41) is 5.01. The minimum Gasteiger partial charge on any atom is -0.356 e. The van der Waals surface area contributed by atoms with Crippen LogP contribution in [-0.4, -0.2) is 38.6 Å². The van der Waals surface area contributed by atoms with Gasteiger partial charge in [-0.05, 0) is 25.0 Å². The fourth-order valence-electron chi connectivity index (χ4n) is 3.68. The van der Waals surface area contributed by atoms with E-state index < -0.39 is 0 Å². The SMILES string of the molecule is CCc1nccn1C1CCCN(C(=O)Cc2noc3ccccc23)C1. The normalized spacial score (nSPS) is 18.0. The Kier molecular flexibility index (Phi) is 4.26. The summed E-state index contributed by atoms with van der Waals surface area (Å²) < 4.78 is 7.54. The fourth-order valence-corrected chi connectivity index (χ4v) is 3.68. The summed E-state index contributed by atoms with van der Waals surface area (Å²) in [6.07, 6.45) is 7.16. The van der Waals surface area contributed by atoms with E-state index in [2.05, 4.69) is 21.6 Å². The quantitative estimate of drug-likeness (QED) is 0.733. The maximum atomic E-state index is 12.8. The Hall–Kier alpha value is -2.63. The van der Waals surface area contributed by atoms with Crippen LogP contribution in [0, 0.1) is 0 Å². The zero-order valence-electron chi connectivity index (χ0n) is 14.4. The number of likely N-dealkylation sites (tertiary alicyclic amines) is 1. The molecule has 0 aliphatic carbocycles. The van der Waals surface area contributed by atoms with E-state index in [4.69, 9.17) is 4.52 Å². The zero-order chi connectivity index (χ0) is 17.2. The van der Waals surface area contributed by atoms with Gasteiger partial charge in [0.05, 0.1) is 12.5 Å². The van der Waals surface area contributed by atoms with E-state index in [-0.39, 0.29) is 12.3 Å². The molecule has 0 bridgehead atoms. The molecule has 6 heteroatoms. The summed E-state index contributed by atoms with van der Waals surface area (Å²) in [6, 6.07) is 7.98. The molecular weight excluding hydrogens is 316 g/mol. The average molecular weight is 338 g/mol. The third-order valence-electron chi connectivity index (χ3n) is 4.98. The highest BCUT2D eigenvalue weighted by atomic mass is 16.5. The van der Waals surface area contributed by atoms with Crippen molar-refractivity contribution in [3.63, 3.8) is 0 Å². The van der Waals surface area contributed by atoms with Gasteiger partial charge in [-0.1, -0.05) is 24.2 Å². The summed E-state index contributed by atoms with van der Waals surface area (Å²) in [5.41, 5.74) is 1.45. The number of para-hydroxylation sites is 1. The average Bonchev–Trinajstić information content (AvgIpc) is 3.29. The van der Waals surface area contributed by atoms with Gasteiger partial charge in [0, 0.05) is 37.3 Å². The van der Waals surface area contributed by atoms with E-state index >= 15 is 0 Å². The molecule has 0 radical (unpaired) electrons. The van der Waals surface area contributed by atoms with E-state index in [0.29, 0.717) is 6.04 Å². The first-order valence-corrected chi connectivity index (χ1v) is 8.89. The summed E-state index contributed by atoms with van der Waals surface area (Å²) >= 11 is 0. The Balaban J connectivity index is 1.48. The lowest BCUT2D eigenvalue weighted by molar-refractivity contribution is -0.132. The minimum atomic E-state index is 0.113. The van der Waals surface area contributed by atoms with Gasteiger partial charge in [-0.3, -0.25) is 4.79 Å². The summed E-state index contributed by atoms with van der Waals surface area (Å²) in [6.45, 7) is 3.65. The second-order valence-corrected chi connectivity index (χ2v) is 6.54. The van der Waals surface area contributed by atoms with E-state index in [1.165, 1.54) is 0 Å². The monoisotopic (exact) mass is 338 g/mol. The molecule has 0 spiro atoms. The Bertz CT molecular complexity index is 882. The van der Waals surface area contributed by atoms with Crippen molar-refractivity contribution in [1.29, 1.82) is 0 Å². The van der Waals surface area contributed by atoms with Crippen LogP contribution in [0.3, 0.4) is 0 Å². The highest BCUT2D eigenvalue weighted by molar-refractivity contribution is 5.86. The molecule has 3 heterocycles. The highest BCUT2D eigenvalue weighted by Crippen LogP contribution is 2.24. The van der Waals surface area contributed by atoms with Crippen molar-refractivity contribution in [2.75, 3.05) is 13.1 Å². The van der Waals surface area contributed by atoms with Crippen LogP contribution in [0.2, 0.25) is 0 Å². The van der Waals surface area contributed by atoms with Gasteiger partial charge in [-0.15, -0.1) is 0 Å². The van der Waals surface area contributed by atoms with Crippen molar-refractivity contribution >= 4 is 16.9 Å². The number of amides is 1. The van der Waals surface area contributed by atoms with Gasteiger partial charge in [0.2, 0.25) is 5.91 Å². The van der Waals surface area contributed by atoms with E-state index in [0.717, 1.165) is 54.8 Å². The summed E-state index contributed by atoms with van der Waals surface area (Å²) in [4.78, 5) is 19.2. The first-order chi connectivity index (χ1) is 12.3.